The number of nitriles is 1. The standard InChI is InChI=1S/C14H11F2N/c15-14(16,8-3-9-17)13-7-6-11-4-1-2-5-12(11)10-13/h1-2,4-7,10H,3,8H2. The molecule has 0 saturated heterocycles. The van der Waals surface area contributed by atoms with Gasteiger partial charge in [0.25, 0.3) is 5.92 Å². The lowest BCUT2D eigenvalue weighted by Crippen LogP contribution is -2.12. The second kappa shape index (κ2) is 4.50. The van der Waals surface area contributed by atoms with Crippen LogP contribution >= 0.6 is 0 Å². The molecular weight excluding hydrogens is 220 g/mol. The number of fused-ring (bicyclic) bond motifs is 1. The van der Waals surface area contributed by atoms with Gasteiger partial charge in [-0.05, 0) is 16.8 Å². The number of hydrogen-bond acceptors (Lipinski definition) is 1. The van der Waals surface area contributed by atoms with Crippen molar-refractivity contribution in [2.24, 2.45) is 0 Å². The van der Waals surface area contributed by atoms with E-state index >= 15 is 0 Å². The number of alkyl halides is 2. The average Bonchev–Trinajstić information content (AvgIpc) is 2.36. The minimum Gasteiger partial charge on any atom is -0.201 e. The molecule has 0 radical (unpaired) electrons. The maximum absolute atomic E-state index is 13.7. The van der Waals surface area contributed by atoms with Gasteiger partial charge >= 0.3 is 0 Å². The topological polar surface area (TPSA) is 23.8 Å². The number of nitrogens with zero attached hydrogens (tertiary/aromatic N) is 1. The lowest BCUT2D eigenvalue weighted by Gasteiger charge is -2.15. The van der Waals surface area contributed by atoms with Gasteiger partial charge in [-0.15, -0.1) is 0 Å². The van der Waals surface area contributed by atoms with E-state index in [-0.39, 0.29) is 12.0 Å². The van der Waals surface area contributed by atoms with Gasteiger partial charge in [0.05, 0.1) is 6.07 Å². The van der Waals surface area contributed by atoms with Crippen LogP contribution in [0.1, 0.15) is 18.4 Å². The Balaban J connectivity index is 2.39. The Hall–Kier alpha value is -1.95. The molecule has 2 rings (SSSR count). The molecule has 0 unspecified atom stereocenters. The molecule has 0 aliphatic heterocycles. The SMILES string of the molecule is N#CCCC(F)(F)c1ccc2ccccc2c1. The highest BCUT2D eigenvalue weighted by atomic mass is 19.3. The van der Waals surface area contributed by atoms with E-state index in [1.165, 1.54) is 12.1 Å². The Bertz CT molecular complexity index is 570. The zero-order chi connectivity index (χ0) is 12.3. The lowest BCUT2D eigenvalue weighted by atomic mass is 10.00. The van der Waals surface area contributed by atoms with Gasteiger partial charge in [-0.25, -0.2) is 8.78 Å². The molecule has 0 atom stereocenters. The largest absolute Gasteiger partial charge is 0.274 e. The molecule has 86 valence electrons. The fraction of sp³-hybridized carbons (Fsp3) is 0.214. The molecule has 0 amide bonds. The molecule has 0 bridgehead atoms. The van der Waals surface area contributed by atoms with E-state index in [1.54, 1.807) is 18.2 Å². The third-order valence-electron chi connectivity index (χ3n) is 2.72. The fourth-order valence-electron chi connectivity index (χ4n) is 1.77. The van der Waals surface area contributed by atoms with Gasteiger partial charge in [-0.1, -0.05) is 36.4 Å². The molecule has 0 saturated carbocycles. The van der Waals surface area contributed by atoms with Crippen LogP contribution in [0.5, 0.6) is 0 Å². The maximum atomic E-state index is 13.7. The first-order valence-corrected chi connectivity index (χ1v) is 5.37. The molecule has 2 aromatic carbocycles. The molecule has 0 aliphatic carbocycles. The molecule has 17 heavy (non-hydrogen) atoms. The molecule has 0 spiro atoms. The van der Waals surface area contributed by atoms with Gasteiger partial charge in [-0.3, -0.25) is 0 Å². The average molecular weight is 231 g/mol. The third-order valence-corrected chi connectivity index (χ3v) is 2.72. The van der Waals surface area contributed by atoms with Crippen molar-refractivity contribution in [3.63, 3.8) is 0 Å². The molecular formula is C14H11F2N. The van der Waals surface area contributed by atoms with Gasteiger partial charge in [0.1, 0.15) is 0 Å². The van der Waals surface area contributed by atoms with Crippen LogP contribution < -0.4 is 0 Å². The maximum Gasteiger partial charge on any atom is 0.274 e. The lowest BCUT2D eigenvalue weighted by molar-refractivity contribution is -0.0118. The van der Waals surface area contributed by atoms with Crippen LogP contribution in [0.3, 0.4) is 0 Å². The summed E-state index contributed by atoms with van der Waals surface area (Å²) in [4.78, 5) is 0. The Kier molecular flexibility index (Phi) is 3.06. The summed E-state index contributed by atoms with van der Waals surface area (Å²) in [6.45, 7) is 0. The summed E-state index contributed by atoms with van der Waals surface area (Å²) in [5, 5.41) is 10.1. The zero-order valence-corrected chi connectivity index (χ0v) is 9.16. The van der Waals surface area contributed by atoms with E-state index in [4.69, 9.17) is 5.26 Å². The fourth-order valence-corrected chi connectivity index (χ4v) is 1.77. The normalized spacial score (nSPS) is 11.4. The van der Waals surface area contributed by atoms with Crippen LogP contribution in [-0.4, -0.2) is 0 Å². The highest BCUT2D eigenvalue weighted by Gasteiger charge is 2.30. The second-order valence-corrected chi connectivity index (χ2v) is 3.92. The predicted octanol–water partition coefficient (Wildman–Crippen LogP) is 4.24. The van der Waals surface area contributed by atoms with Gasteiger partial charge in [0, 0.05) is 18.4 Å². The van der Waals surface area contributed by atoms with E-state index in [0.29, 0.717) is 0 Å². The molecule has 3 heteroatoms. The van der Waals surface area contributed by atoms with Gasteiger partial charge in [0.15, 0.2) is 0 Å². The molecule has 0 heterocycles. The molecule has 0 fully saturated rings. The van der Waals surface area contributed by atoms with E-state index in [0.717, 1.165) is 10.8 Å². The van der Waals surface area contributed by atoms with E-state index in [2.05, 4.69) is 0 Å². The summed E-state index contributed by atoms with van der Waals surface area (Å²) in [5.41, 5.74) is -0.0218. The Morgan fingerprint density at radius 2 is 1.76 bits per heavy atom. The Morgan fingerprint density at radius 3 is 2.47 bits per heavy atom. The molecule has 0 aliphatic rings. The first-order chi connectivity index (χ1) is 8.13. The van der Waals surface area contributed by atoms with E-state index in [9.17, 15) is 8.78 Å². The highest BCUT2D eigenvalue weighted by molar-refractivity contribution is 5.83. The monoisotopic (exact) mass is 231 g/mol. The smallest absolute Gasteiger partial charge is 0.201 e. The molecule has 0 aromatic heterocycles. The van der Waals surface area contributed by atoms with Crippen molar-refractivity contribution in [1.29, 1.82) is 5.26 Å². The van der Waals surface area contributed by atoms with Crippen molar-refractivity contribution in [2.75, 3.05) is 0 Å². The number of rotatable bonds is 3. The molecule has 1 nitrogen and oxygen atoms in total. The van der Waals surface area contributed by atoms with Crippen molar-refractivity contribution in [2.45, 2.75) is 18.8 Å². The second-order valence-electron chi connectivity index (χ2n) is 3.92. The van der Waals surface area contributed by atoms with Crippen molar-refractivity contribution in [1.82, 2.24) is 0 Å². The van der Waals surface area contributed by atoms with Gasteiger partial charge in [-0.2, -0.15) is 5.26 Å². The van der Waals surface area contributed by atoms with Crippen molar-refractivity contribution < 1.29 is 8.78 Å². The van der Waals surface area contributed by atoms with Crippen LogP contribution in [0, 0.1) is 11.3 Å². The minimum atomic E-state index is -2.93. The first-order valence-electron chi connectivity index (χ1n) is 5.37. The van der Waals surface area contributed by atoms with Gasteiger partial charge in [0.2, 0.25) is 0 Å². The number of hydrogen-bond donors (Lipinski definition) is 0. The summed E-state index contributed by atoms with van der Waals surface area (Å²) >= 11 is 0. The van der Waals surface area contributed by atoms with E-state index < -0.39 is 12.3 Å². The number of benzene rings is 2. The van der Waals surface area contributed by atoms with Crippen LogP contribution in [0.4, 0.5) is 8.78 Å². The predicted molar refractivity (Wildman–Crippen MR) is 62.7 cm³/mol. The van der Waals surface area contributed by atoms with Crippen LogP contribution in [-0.2, 0) is 5.92 Å². The van der Waals surface area contributed by atoms with Crippen molar-refractivity contribution in [3.05, 3.63) is 48.0 Å². The Morgan fingerprint density at radius 1 is 1.06 bits per heavy atom. The third kappa shape index (κ3) is 2.42. The quantitative estimate of drug-likeness (QED) is 0.775. The van der Waals surface area contributed by atoms with Crippen LogP contribution in [0.2, 0.25) is 0 Å². The molecule has 0 N–H and O–H groups in total. The van der Waals surface area contributed by atoms with Crippen LogP contribution in [0.15, 0.2) is 42.5 Å². The van der Waals surface area contributed by atoms with Crippen LogP contribution in [0.25, 0.3) is 10.8 Å². The van der Waals surface area contributed by atoms with Crippen molar-refractivity contribution >= 4 is 10.8 Å². The Labute approximate surface area is 98.3 Å². The zero-order valence-electron chi connectivity index (χ0n) is 9.16. The molecule has 2 aromatic rings. The van der Waals surface area contributed by atoms with Crippen molar-refractivity contribution in [3.8, 4) is 6.07 Å². The minimum absolute atomic E-state index is 0.0218. The summed E-state index contributed by atoms with van der Waals surface area (Å²) in [6.07, 6.45) is -0.568. The van der Waals surface area contributed by atoms with E-state index in [1.807, 2.05) is 18.2 Å². The first kappa shape index (κ1) is 11.5. The van der Waals surface area contributed by atoms with Gasteiger partial charge < -0.3 is 0 Å². The summed E-state index contributed by atoms with van der Waals surface area (Å²) in [7, 11) is 0. The summed E-state index contributed by atoms with van der Waals surface area (Å²) in [6, 6.07) is 13.7. The summed E-state index contributed by atoms with van der Waals surface area (Å²) < 4.78 is 27.4. The summed E-state index contributed by atoms with van der Waals surface area (Å²) in [5.74, 6) is -2.93. The number of halogens is 2. The highest BCUT2D eigenvalue weighted by Crippen LogP contribution is 2.34.